The van der Waals surface area contributed by atoms with Crippen molar-refractivity contribution in [2.75, 3.05) is 0 Å². The molecule has 0 aliphatic rings. The second-order valence-corrected chi connectivity index (χ2v) is 3.77. The standard InChI is InChI=1S/C12H19N/c1-5-7-11-10(6-2)8-12(13-11)9(3)4/h6,8-9,13H,2,5,7H2,1,3-4H3. The Morgan fingerprint density at radius 3 is 2.69 bits per heavy atom. The van der Waals surface area contributed by atoms with Crippen molar-refractivity contribution in [3.63, 3.8) is 0 Å². The molecular formula is C12H19N. The second kappa shape index (κ2) is 4.31. The Morgan fingerprint density at radius 2 is 2.23 bits per heavy atom. The number of aromatic amines is 1. The Balaban J connectivity index is 2.96. The number of hydrogen-bond acceptors (Lipinski definition) is 0. The first-order valence-corrected chi connectivity index (χ1v) is 5.03. The van der Waals surface area contributed by atoms with Gasteiger partial charge in [-0.25, -0.2) is 0 Å². The number of aryl methyl sites for hydroxylation is 1. The number of hydrogen-bond donors (Lipinski definition) is 1. The van der Waals surface area contributed by atoms with Crippen molar-refractivity contribution < 1.29 is 0 Å². The van der Waals surface area contributed by atoms with E-state index in [4.69, 9.17) is 0 Å². The molecule has 0 aliphatic heterocycles. The van der Waals surface area contributed by atoms with Crippen LogP contribution >= 0.6 is 0 Å². The quantitative estimate of drug-likeness (QED) is 0.721. The second-order valence-electron chi connectivity index (χ2n) is 3.77. The molecule has 1 heterocycles. The predicted molar refractivity (Wildman–Crippen MR) is 59.0 cm³/mol. The third-order valence-corrected chi connectivity index (χ3v) is 2.30. The number of rotatable bonds is 4. The molecule has 0 fully saturated rings. The fraction of sp³-hybridized carbons (Fsp3) is 0.500. The summed E-state index contributed by atoms with van der Waals surface area (Å²) in [6.45, 7) is 10.4. The maximum absolute atomic E-state index is 3.83. The van der Waals surface area contributed by atoms with Gasteiger partial charge < -0.3 is 4.98 Å². The van der Waals surface area contributed by atoms with Crippen LogP contribution in [0.2, 0.25) is 0 Å². The molecule has 72 valence electrons. The highest BCUT2D eigenvalue weighted by Crippen LogP contribution is 2.20. The predicted octanol–water partition coefficient (Wildman–Crippen LogP) is 3.73. The maximum atomic E-state index is 3.83. The number of aromatic nitrogens is 1. The highest BCUT2D eigenvalue weighted by atomic mass is 14.7. The molecule has 0 aromatic carbocycles. The summed E-state index contributed by atoms with van der Waals surface area (Å²) < 4.78 is 0. The molecule has 1 nitrogen and oxygen atoms in total. The fourth-order valence-corrected chi connectivity index (χ4v) is 1.49. The minimum absolute atomic E-state index is 0.573. The van der Waals surface area contributed by atoms with E-state index >= 15 is 0 Å². The van der Waals surface area contributed by atoms with E-state index < -0.39 is 0 Å². The maximum Gasteiger partial charge on any atom is 0.0222 e. The summed E-state index contributed by atoms with van der Waals surface area (Å²) >= 11 is 0. The summed E-state index contributed by atoms with van der Waals surface area (Å²) in [5, 5.41) is 0. The van der Waals surface area contributed by atoms with Gasteiger partial charge in [0.05, 0.1) is 0 Å². The molecule has 0 amide bonds. The van der Waals surface area contributed by atoms with Crippen LogP contribution in [0.25, 0.3) is 6.08 Å². The first kappa shape index (κ1) is 10.1. The first-order valence-electron chi connectivity index (χ1n) is 5.03. The zero-order chi connectivity index (χ0) is 9.84. The van der Waals surface area contributed by atoms with Crippen LogP contribution < -0.4 is 0 Å². The monoisotopic (exact) mass is 177 g/mol. The van der Waals surface area contributed by atoms with Crippen LogP contribution in [0.3, 0.4) is 0 Å². The average molecular weight is 177 g/mol. The van der Waals surface area contributed by atoms with Crippen LogP contribution in [-0.2, 0) is 6.42 Å². The van der Waals surface area contributed by atoms with E-state index in [0.717, 1.165) is 6.42 Å². The van der Waals surface area contributed by atoms with Gasteiger partial charge in [-0.3, -0.25) is 0 Å². The first-order chi connectivity index (χ1) is 6.19. The van der Waals surface area contributed by atoms with Crippen molar-refractivity contribution in [1.29, 1.82) is 0 Å². The fourth-order valence-electron chi connectivity index (χ4n) is 1.49. The molecule has 1 N–H and O–H groups in total. The lowest BCUT2D eigenvalue weighted by atomic mass is 10.1. The lowest BCUT2D eigenvalue weighted by Gasteiger charge is -1.99. The Kier molecular flexibility index (Phi) is 3.35. The molecule has 0 saturated heterocycles. The molecule has 0 atom stereocenters. The Morgan fingerprint density at radius 1 is 1.54 bits per heavy atom. The van der Waals surface area contributed by atoms with Crippen molar-refractivity contribution in [3.8, 4) is 0 Å². The molecule has 0 radical (unpaired) electrons. The van der Waals surface area contributed by atoms with Gasteiger partial charge >= 0.3 is 0 Å². The van der Waals surface area contributed by atoms with Gasteiger partial charge in [-0.15, -0.1) is 0 Å². The Labute approximate surface area is 80.9 Å². The number of H-pyrrole nitrogens is 1. The Bertz CT molecular complexity index is 281. The average Bonchev–Trinajstić information content (AvgIpc) is 2.48. The molecule has 1 aromatic heterocycles. The normalized spacial score (nSPS) is 10.8. The van der Waals surface area contributed by atoms with Crippen LogP contribution in [0.5, 0.6) is 0 Å². The lowest BCUT2D eigenvalue weighted by Crippen LogP contribution is -1.89. The van der Waals surface area contributed by atoms with E-state index in [2.05, 4.69) is 38.4 Å². The molecule has 0 bridgehead atoms. The highest BCUT2D eigenvalue weighted by Gasteiger charge is 2.06. The Hall–Kier alpha value is -0.980. The van der Waals surface area contributed by atoms with Crippen LogP contribution in [0.1, 0.15) is 50.1 Å². The van der Waals surface area contributed by atoms with E-state index in [-0.39, 0.29) is 0 Å². The summed E-state index contributed by atoms with van der Waals surface area (Å²) in [5.74, 6) is 0.573. The summed E-state index contributed by atoms with van der Waals surface area (Å²) in [7, 11) is 0. The topological polar surface area (TPSA) is 15.8 Å². The number of nitrogens with one attached hydrogen (secondary N) is 1. The van der Waals surface area contributed by atoms with Crippen LogP contribution in [0.4, 0.5) is 0 Å². The summed E-state index contributed by atoms with van der Waals surface area (Å²) in [5.41, 5.74) is 3.92. The summed E-state index contributed by atoms with van der Waals surface area (Å²) in [6, 6.07) is 2.21. The zero-order valence-corrected chi connectivity index (χ0v) is 8.85. The lowest BCUT2D eigenvalue weighted by molar-refractivity contribution is 0.811. The molecule has 0 saturated carbocycles. The van der Waals surface area contributed by atoms with Crippen molar-refractivity contribution in [1.82, 2.24) is 4.98 Å². The third-order valence-electron chi connectivity index (χ3n) is 2.30. The van der Waals surface area contributed by atoms with Crippen molar-refractivity contribution in [3.05, 3.63) is 29.6 Å². The van der Waals surface area contributed by atoms with E-state index in [1.165, 1.54) is 23.4 Å². The molecule has 1 heteroatoms. The van der Waals surface area contributed by atoms with Crippen molar-refractivity contribution in [2.24, 2.45) is 0 Å². The van der Waals surface area contributed by atoms with E-state index in [1.807, 2.05) is 6.08 Å². The van der Waals surface area contributed by atoms with Gasteiger partial charge in [0.15, 0.2) is 0 Å². The van der Waals surface area contributed by atoms with Gasteiger partial charge in [0.25, 0.3) is 0 Å². The van der Waals surface area contributed by atoms with Gasteiger partial charge in [-0.2, -0.15) is 0 Å². The smallest absolute Gasteiger partial charge is 0.0222 e. The largest absolute Gasteiger partial charge is 0.362 e. The van der Waals surface area contributed by atoms with Gasteiger partial charge in [0.2, 0.25) is 0 Å². The molecular weight excluding hydrogens is 158 g/mol. The zero-order valence-electron chi connectivity index (χ0n) is 8.85. The van der Waals surface area contributed by atoms with Gasteiger partial charge in [-0.1, -0.05) is 39.8 Å². The molecule has 0 unspecified atom stereocenters. The van der Waals surface area contributed by atoms with Crippen LogP contribution in [0, 0.1) is 0 Å². The van der Waals surface area contributed by atoms with Gasteiger partial charge in [0.1, 0.15) is 0 Å². The SMILES string of the molecule is C=Cc1cc(C(C)C)[nH]c1CCC. The summed E-state index contributed by atoms with van der Waals surface area (Å²) in [6.07, 6.45) is 4.24. The summed E-state index contributed by atoms with van der Waals surface area (Å²) in [4.78, 5) is 3.46. The molecule has 1 rings (SSSR count). The van der Waals surface area contributed by atoms with Crippen molar-refractivity contribution >= 4 is 6.08 Å². The highest BCUT2D eigenvalue weighted by molar-refractivity contribution is 5.51. The third kappa shape index (κ3) is 2.24. The van der Waals surface area contributed by atoms with Gasteiger partial charge in [0, 0.05) is 11.4 Å². The van der Waals surface area contributed by atoms with Gasteiger partial charge in [-0.05, 0) is 24.0 Å². The minimum atomic E-state index is 0.573. The van der Waals surface area contributed by atoms with E-state index in [9.17, 15) is 0 Å². The van der Waals surface area contributed by atoms with E-state index in [1.54, 1.807) is 0 Å². The molecule has 0 aliphatic carbocycles. The van der Waals surface area contributed by atoms with Crippen LogP contribution in [0.15, 0.2) is 12.6 Å². The van der Waals surface area contributed by atoms with Crippen molar-refractivity contribution in [2.45, 2.75) is 39.5 Å². The molecule has 13 heavy (non-hydrogen) atoms. The minimum Gasteiger partial charge on any atom is -0.362 e. The molecule has 0 spiro atoms. The molecule has 1 aromatic rings. The van der Waals surface area contributed by atoms with E-state index in [0.29, 0.717) is 5.92 Å². The van der Waals surface area contributed by atoms with Crippen LogP contribution in [-0.4, -0.2) is 4.98 Å².